The summed E-state index contributed by atoms with van der Waals surface area (Å²) >= 11 is 12.9. The van der Waals surface area contributed by atoms with Gasteiger partial charge in [0.25, 0.3) is 0 Å². The molecule has 1 aromatic carbocycles. The summed E-state index contributed by atoms with van der Waals surface area (Å²) in [6, 6.07) is 7.35. The Hall–Kier alpha value is -2.55. The zero-order valence-electron chi connectivity index (χ0n) is 19.1. The number of hydrogen-bond acceptors (Lipinski definition) is 7. The Bertz CT molecular complexity index is 1000. The Morgan fingerprint density at radius 2 is 1.91 bits per heavy atom. The van der Waals surface area contributed by atoms with E-state index in [0.717, 1.165) is 44.6 Å². The molecule has 0 bridgehead atoms. The van der Waals surface area contributed by atoms with Crippen molar-refractivity contribution in [3.05, 3.63) is 46.1 Å². The summed E-state index contributed by atoms with van der Waals surface area (Å²) in [5, 5.41) is 7.23. The lowest BCUT2D eigenvalue weighted by molar-refractivity contribution is 0.303. The lowest BCUT2D eigenvalue weighted by Crippen LogP contribution is -2.25. The van der Waals surface area contributed by atoms with Gasteiger partial charge in [0, 0.05) is 12.2 Å². The number of nitrogens with zero attached hydrogens (tertiary/aromatic N) is 4. The summed E-state index contributed by atoms with van der Waals surface area (Å²) in [7, 11) is 0. The first-order valence-electron chi connectivity index (χ1n) is 11.3. The Morgan fingerprint density at radius 3 is 2.58 bits per heavy atom. The highest BCUT2D eigenvalue weighted by atomic mass is 35.5. The number of para-hydroxylation sites is 1. The molecule has 1 saturated carbocycles. The first-order chi connectivity index (χ1) is 15.9. The monoisotopic (exact) mass is 490 g/mol. The van der Waals surface area contributed by atoms with Gasteiger partial charge in [-0.1, -0.05) is 49.2 Å². The third-order valence-corrected chi connectivity index (χ3v) is 6.07. The van der Waals surface area contributed by atoms with Crippen LogP contribution in [-0.4, -0.2) is 46.9 Å². The maximum atomic E-state index is 6.60. The standard InChI is InChI=1S/C23H32Cl2N8/c1-3-33(4-2)13-7-12-28-23-31-21(29-18-9-6-5-8-16(18)24)20(25)22(32-23)30-19(27)14-17(26)15-10-11-15/h5-6,8-9,14-15H,3-4,7,10-13,26H2,1-2H3,(H4,27,28,29,30,31,32). The summed E-state index contributed by atoms with van der Waals surface area (Å²) in [4.78, 5) is 15.8. The Labute approximate surface area is 205 Å². The molecular weight excluding hydrogens is 459 g/mol. The summed E-state index contributed by atoms with van der Waals surface area (Å²) < 4.78 is 0. The van der Waals surface area contributed by atoms with Gasteiger partial charge >= 0.3 is 0 Å². The molecule has 1 aliphatic rings. The van der Waals surface area contributed by atoms with E-state index >= 15 is 0 Å². The number of aromatic nitrogens is 2. The quantitative estimate of drug-likeness (QED) is 0.189. The molecule has 1 aliphatic carbocycles. The maximum Gasteiger partial charge on any atom is 0.226 e. The second kappa shape index (κ2) is 12.1. The summed E-state index contributed by atoms with van der Waals surface area (Å²) in [6.07, 6.45) is 4.78. The van der Waals surface area contributed by atoms with Crippen LogP contribution < -0.4 is 22.1 Å². The SMILES string of the molecule is CCN(CC)CCCNc1nc(N=C(N)C=C(N)C2CC2)c(Cl)c(Nc2ccccc2Cl)n1. The molecule has 0 radical (unpaired) electrons. The molecule has 0 saturated heterocycles. The molecule has 8 nitrogen and oxygen atoms in total. The van der Waals surface area contributed by atoms with Crippen LogP contribution in [0.25, 0.3) is 0 Å². The molecule has 1 fully saturated rings. The van der Waals surface area contributed by atoms with Gasteiger partial charge in [-0.15, -0.1) is 0 Å². The average molecular weight is 491 g/mol. The van der Waals surface area contributed by atoms with E-state index < -0.39 is 0 Å². The second-order valence-corrected chi connectivity index (χ2v) is 8.69. The lowest BCUT2D eigenvalue weighted by atomic mass is 10.3. The van der Waals surface area contributed by atoms with Crippen LogP contribution in [0, 0.1) is 5.92 Å². The molecule has 0 amide bonds. The number of anilines is 3. The summed E-state index contributed by atoms with van der Waals surface area (Å²) in [6.45, 7) is 8.05. The molecule has 0 spiro atoms. The van der Waals surface area contributed by atoms with Gasteiger partial charge in [0.05, 0.1) is 10.7 Å². The van der Waals surface area contributed by atoms with Crippen molar-refractivity contribution in [3.63, 3.8) is 0 Å². The first-order valence-corrected chi connectivity index (χ1v) is 12.0. The topological polar surface area (TPSA) is 117 Å². The van der Waals surface area contributed by atoms with Gasteiger partial charge in [0.15, 0.2) is 11.6 Å². The van der Waals surface area contributed by atoms with Crippen molar-refractivity contribution in [3.8, 4) is 0 Å². The normalized spacial score (nSPS) is 14.6. The number of amidine groups is 1. The number of nitrogens with two attached hydrogens (primary N) is 2. The van der Waals surface area contributed by atoms with Gasteiger partial charge in [-0.05, 0) is 63.0 Å². The van der Waals surface area contributed by atoms with E-state index in [1.165, 1.54) is 0 Å². The first kappa shape index (κ1) is 25.1. The molecule has 33 heavy (non-hydrogen) atoms. The predicted molar refractivity (Wildman–Crippen MR) is 139 cm³/mol. The van der Waals surface area contributed by atoms with Crippen molar-refractivity contribution in [2.24, 2.45) is 22.4 Å². The zero-order valence-corrected chi connectivity index (χ0v) is 20.6. The number of benzene rings is 1. The highest BCUT2D eigenvalue weighted by Gasteiger charge is 2.24. The molecule has 1 aromatic heterocycles. The minimum atomic E-state index is 0.241. The Morgan fingerprint density at radius 1 is 1.18 bits per heavy atom. The van der Waals surface area contributed by atoms with Gasteiger partial charge < -0.3 is 27.0 Å². The number of aliphatic imine (C=N–C) groups is 1. The number of allylic oxidation sites excluding steroid dienone is 1. The molecule has 0 unspecified atom stereocenters. The van der Waals surface area contributed by atoms with E-state index in [4.69, 9.17) is 34.7 Å². The zero-order chi connectivity index (χ0) is 23.8. The second-order valence-electron chi connectivity index (χ2n) is 7.90. The van der Waals surface area contributed by atoms with Gasteiger partial charge in [0.2, 0.25) is 5.95 Å². The van der Waals surface area contributed by atoms with Crippen LogP contribution in [0.15, 0.2) is 41.0 Å². The number of rotatable bonds is 12. The van der Waals surface area contributed by atoms with Gasteiger partial charge in [-0.3, -0.25) is 0 Å². The van der Waals surface area contributed by atoms with E-state index in [2.05, 4.69) is 44.3 Å². The lowest BCUT2D eigenvalue weighted by Gasteiger charge is -2.18. The van der Waals surface area contributed by atoms with Crippen molar-refractivity contribution in [2.75, 3.05) is 36.8 Å². The van der Waals surface area contributed by atoms with Crippen LogP contribution in [0.3, 0.4) is 0 Å². The van der Waals surface area contributed by atoms with Gasteiger partial charge in [-0.25, -0.2) is 4.99 Å². The van der Waals surface area contributed by atoms with Crippen molar-refractivity contribution < 1.29 is 0 Å². The van der Waals surface area contributed by atoms with Crippen LogP contribution in [-0.2, 0) is 0 Å². The van der Waals surface area contributed by atoms with Crippen LogP contribution in [0.4, 0.5) is 23.3 Å². The Balaban J connectivity index is 1.84. The van der Waals surface area contributed by atoms with Gasteiger partial charge in [-0.2, -0.15) is 9.97 Å². The van der Waals surface area contributed by atoms with Crippen molar-refractivity contribution >= 4 is 52.3 Å². The highest BCUT2D eigenvalue weighted by Crippen LogP contribution is 2.35. The van der Waals surface area contributed by atoms with Crippen LogP contribution in [0.5, 0.6) is 0 Å². The molecule has 10 heteroatoms. The number of nitrogens with one attached hydrogen (secondary N) is 2. The minimum absolute atomic E-state index is 0.241. The van der Waals surface area contributed by atoms with Crippen molar-refractivity contribution in [1.29, 1.82) is 0 Å². The van der Waals surface area contributed by atoms with Crippen LogP contribution in [0.1, 0.15) is 33.1 Å². The van der Waals surface area contributed by atoms with E-state index in [1.54, 1.807) is 12.1 Å². The van der Waals surface area contributed by atoms with Crippen LogP contribution >= 0.6 is 23.2 Å². The third-order valence-electron chi connectivity index (χ3n) is 5.39. The van der Waals surface area contributed by atoms with Crippen molar-refractivity contribution in [2.45, 2.75) is 33.1 Å². The molecule has 0 atom stereocenters. The minimum Gasteiger partial charge on any atom is -0.402 e. The largest absolute Gasteiger partial charge is 0.402 e. The highest BCUT2D eigenvalue weighted by molar-refractivity contribution is 6.36. The molecule has 178 valence electrons. The number of hydrogen-bond donors (Lipinski definition) is 4. The fourth-order valence-corrected chi connectivity index (χ4v) is 3.62. The average Bonchev–Trinajstić information content (AvgIpc) is 3.64. The number of halogens is 2. The smallest absolute Gasteiger partial charge is 0.226 e. The molecule has 0 aliphatic heterocycles. The van der Waals surface area contributed by atoms with E-state index in [1.807, 2.05) is 18.2 Å². The Kier molecular flexibility index (Phi) is 9.17. The van der Waals surface area contributed by atoms with E-state index in [9.17, 15) is 0 Å². The van der Waals surface area contributed by atoms with Crippen molar-refractivity contribution in [1.82, 2.24) is 14.9 Å². The van der Waals surface area contributed by atoms with Crippen LogP contribution in [0.2, 0.25) is 10.0 Å². The van der Waals surface area contributed by atoms with Gasteiger partial charge in [0.1, 0.15) is 10.9 Å². The fourth-order valence-electron chi connectivity index (χ4n) is 3.26. The molecular formula is C23H32Cl2N8. The predicted octanol–water partition coefficient (Wildman–Crippen LogP) is 4.91. The fraction of sp³-hybridized carbons (Fsp3) is 0.435. The molecule has 3 rings (SSSR count). The molecule has 1 heterocycles. The third kappa shape index (κ3) is 7.48. The van der Waals surface area contributed by atoms with E-state index in [0.29, 0.717) is 34.9 Å². The van der Waals surface area contributed by atoms with E-state index in [-0.39, 0.29) is 16.7 Å². The molecule has 2 aromatic rings. The summed E-state index contributed by atoms with van der Waals surface area (Å²) in [5.41, 5.74) is 13.6. The maximum absolute atomic E-state index is 6.60. The molecule has 6 N–H and O–H groups in total. The summed E-state index contributed by atoms with van der Waals surface area (Å²) in [5.74, 6) is 1.68.